The summed E-state index contributed by atoms with van der Waals surface area (Å²) in [5.41, 5.74) is 1.67. The fourth-order valence-electron chi connectivity index (χ4n) is 2.03. The Kier molecular flexibility index (Phi) is 3.52. The van der Waals surface area contributed by atoms with Gasteiger partial charge in [0.1, 0.15) is 11.6 Å². The van der Waals surface area contributed by atoms with E-state index in [1.165, 1.54) is 10.6 Å². The molecule has 0 saturated heterocycles. The average Bonchev–Trinajstić information content (AvgIpc) is 2.87. The number of fused-ring (bicyclic) bond motifs is 1. The molecule has 2 heterocycles. The minimum atomic E-state index is -3.55. The van der Waals surface area contributed by atoms with Gasteiger partial charge in [-0.1, -0.05) is 6.07 Å². The second-order valence-corrected chi connectivity index (χ2v) is 7.16. The van der Waals surface area contributed by atoms with E-state index >= 15 is 0 Å². The van der Waals surface area contributed by atoms with E-state index < -0.39 is 9.84 Å². The maximum absolute atomic E-state index is 13.7. The molecular weight excluding hydrogens is 321 g/mol. The molecule has 0 amide bonds. The summed E-state index contributed by atoms with van der Waals surface area (Å²) in [6.07, 6.45) is 1.02. The van der Waals surface area contributed by atoms with Crippen LogP contribution in [0, 0.1) is 19.7 Å². The van der Waals surface area contributed by atoms with Crippen LogP contribution in [0.3, 0.4) is 0 Å². The SMILES string of the molecule is Cc1cc(Nc2ccc(C)c(F)c2)n2nc(S(C)(=O)=O)nc2n1. The molecule has 0 radical (unpaired) electrons. The highest BCUT2D eigenvalue weighted by Gasteiger charge is 2.17. The molecule has 0 aliphatic heterocycles. The number of hydrogen-bond acceptors (Lipinski definition) is 6. The number of aryl methyl sites for hydroxylation is 2. The van der Waals surface area contributed by atoms with Crippen molar-refractivity contribution >= 4 is 27.1 Å². The van der Waals surface area contributed by atoms with Crippen LogP contribution >= 0.6 is 0 Å². The van der Waals surface area contributed by atoms with Gasteiger partial charge in [-0.3, -0.25) is 0 Å². The van der Waals surface area contributed by atoms with Crippen molar-refractivity contribution in [2.45, 2.75) is 19.0 Å². The van der Waals surface area contributed by atoms with Crippen molar-refractivity contribution in [1.29, 1.82) is 0 Å². The predicted octanol–water partition coefficient (Wildman–Crippen LogP) is 2.03. The third kappa shape index (κ3) is 3.00. The molecule has 1 aromatic carbocycles. The lowest BCUT2D eigenvalue weighted by Gasteiger charge is -2.09. The molecule has 3 rings (SSSR count). The summed E-state index contributed by atoms with van der Waals surface area (Å²) >= 11 is 0. The molecule has 0 atom stereocenters. The molecule has 0 spiro atoms. The van der Waals surface area contributed by atoms with Crippen LogP contribution in [0.1, 0.15) is 11.3 Å². The Morgan fingerprint density at radius 2 is 1.91 bits per heavy atom. The summed E-state index contributed by atoms with van der Waals surface area (Å²) in [4.78, 5) is 8.07. The third-order valence-corrected chi connectivity index (χ3v) is 4.03. The fourth-order valence-corrected chi connectivity index (χ4v) is 2.51. The lowest BCUT2D eigenvalue weighted by molar-refractivity contribution is 0.593. The first-order valence-corrected chi connectivity index (χ1v) is 8.61. The lowest BCUT2D eigenvalue weighted by atomic mass is 10.2. The van der Waals surface area contributed by atoms with Crippen molar-refractivity contribution in [2.75, 3.05) is 11.6 Å². The molecule has 7 nitrogen and oxygen atoms in total. The first-order chi connectivity index (χ1) is 10.7. The third-order valence-electron chi connectivity index (χ3n) is 3.20. The Morgan fingerprint density at radius 3 is 2.57 bits per heavy atom. The van der Waals surface area contributed by atoms with E-state index in [1.807, 2.05) is 0 Å². The van der Waals surface area contributed by atoms with Crippen LogP contribution in [-0.2, 0) is 9.84 Å². The molecule has 23 heavy (non-hydrogen) atoms. The van der Waals surface area contributed by atoms with Gasteiger partial charge in [0.25, 0.3) is 10.9 Å². The van der Waals surface area contributed by atoms with Gasteiger partial charge in [-0.15, -0.1) is 5.10 Å². The second kappa shape index (κ2) is 5.27. The quantitative estimate of drug-likeness (QED) is 0.788. The fraction of sp³-hybridized carbons (Fsp3) is 0.214. The zero-order valence-corrected chi connectivity index (χ0v) is 13.5. The van der Waals surface area contributed by atoms with Gasteiger partial charge < -0.3 is 5.32 Å². The first-order valence-electron chi connectivity index (χ1n) is 6.72. The summed E-state index contributed by atoms with van der Waals surface area (Å²) in [6, 6.07) is 6.39. The van der Waals surface area contributed by atoms with Gasteiger partial charge in [0.2, 0.25) is 9.84 Å². The lowest BCUT2D eigenvalue weighted by Crippen LogP contribution is -2.04. The number of nitrogens with one attached hydrogen (secondary N) is 1. The Labute approximate surface area is 132 Å². The molecule has 0 bridgehead atoms. The van der Waals surface area contributed by atoms with Gasteiger partial charge in [-0.05, 0) is 31.5 Å². The average molecular weight is 335 g/mol. The Bertz CT molecular complexity index is 1010. The maximum Gasteiger partial charge on any atom is 0.268 e. The van der Waals surface area contributed by atoms with Crippen LogP contribution in [0.25, 0.3) is 5.78 Å². The van der Waals surface area contributed by atoms with Crippen LogP contribution < -0.4 is 5.32 Å². The number of anilines is 2. The Balaban J connectivity index is 2.12. The van der Waals surface area contributed by atoms with Crippen LogP contribution in [0.2, 0.25) is 0 Å². The maximum atomic E-state index is 13.7. The van der Waals surface area contributed by atoms with E-state index in [4.69, 9.17) is 0 Å². The van der Waals surface area contributed by atoms with Gasteiger partial charge in [0.15, 0.2) is 0 Å². The van der Waals surface area contributed by atoms with Crippen LogP contribution in [-0.4, -0.2) is 34.3 Å². The zero-order valence-electron chi connectivity index (χ0n) is 12.7. The molecule has 0 unspecified atom stereocenters. The van der Waals surface area contributed by atoms with Gasteiger partial charge >= 0.3 is 0 Å². The molecule has 0 aliphatic carbocycles. The number of halogens is 1. The molecule has 2 aromatic heterocycles. The predicted molar refractivity (Wildman–Crippen MR) is 83.0 cm³/mol. The number of sulfone groups is 1. The molecule has 3 aromatic rings. The minimum absolute atomic E-state index is 0.153. The van der Waals surface area contributed by atoms with Gasteiger partial charge in [-0.2, -0.15) is 9.50 Å². The van der Waals surface area contributed by atoms with E-state index in [2.05, 4.69) is 20.4 Å². The van der Waals surface area contributed by atoms with Gasteiger partial charge in [0, 0.05) is 23.7 Å². The minimum Gasteiger partial charge on any atom is -0.340 e. The number of hydrogen-bond donors (Lipinski definition) is 1. The zero-order chi connectivity index (χ0) is 16.8. The van der Waals surface area contributed by atoms with Crippen molar-refractivity contribution < 1.29 is 12.8 Å². The summed E-state index contributed by atoms with van der Waals surface area (Å²) in [5, 5.41) is 6.65. The first kappa shape index (κ1) is 15.3. The number of rotatable bonds is 3. The Hall–Kier alpha value is -2.55. The van der Waals surface area contributed by atoms with Crippen LogP contribution in [0.5, 0.6) is 0 Å². The largest absolute Gasteiger partial charge is 0.340 e. The number of nitrogens with zero attached hydrogens (tertiary/aromatic N) is 4. The van der Waals surface area contributed by atoms with E-state index in [0.717, 1.165) is 6.26 Å². The molecule has 0 fully saturated rings. The van der Waals surface area contributed by atoms with Gasteiger partial charge in [0.05, 0.1) is 0 Å². The van der Waals surface area contributed by atoms with Crippen molar-refractivity contribution in [3.63, 3.8) is 0 Å². The highest BCUT2D eigenvalue weighted by atomic mass is 32.2. The van der Waals surface area contributed by atoms with Crippen LogP contribution in [0.4, 0.5) is 15.9 Å². The summed E-state index contributed by atoms with van der Waals surface area (Å²) in [6.45, 7) is 3.42. The topological polar surface area (TPSA) is 89.2 Å². The van der Waals surface area contributed by atoms with E-state index in [9.17, 15) is 12.8 Å². The number of aromatic nitrogens is 4. The van der Waals surface area contributed by atoms with E-state index in [1.54, 1.807) is 32.0 Å². The highest BCUT2D eigenvalue weighted by Crippen LogP contribution is 2.20. The Morgan fingerprint density at radius 1 is 1.17 bits per heavy atom. The highest BCUT2D eigenvalue weighted by molar-refractivity contribution is 7.90. The molecular formula is C14H14FN5O2S. The van der Waals surface area contributed by atoms with E-state index in [-0.39, 0.29) is 16.8 Å². The molecule has 0 saturated carbocycles. The molecule has 9 heteroatoms. The van der Waals surface area contributed by atoms with Crippen molar-refractivity contribution in [3.05, 3.63) is 41.3 Å². The standard InChI is InChI=1S/C14H14FN5O2S/c1-8-4-5-10(7-11(8)15)17-12-6-9(2)16-13-18-14(19-20(12)13)23(3,21)22/h4-7,17H,1-3H3. The molecule has 120 valence electrons. The summed E-state index contributed by atoms with van der Waals surface area (Å²) in [7, 11) is -3.55. The van der Waals surface area contributed by atoms with Crippen molar-refractivity contribution in [3.8, 4) is 0 Å². The van der Waals surface area contributed by atoms with Crippen LogP contribution in [0.15, 0.2) is 29.4 Å². The monoisotopic (exact) mass is 335 g/mol. The van der Waals surface area contributed by atoms with E-state index in [0.29, 0.717) is 22.8 Å². The smallest absolute Gasteiger partial charge is 0.268 e. The normalized spacial score (nSPS) is 11.8. The van der Waals surface area contributed by atoms with Gasteiger partial charge in [-0.25, -0.2) is 17.8 Å². The van der Waals surface area contributed by atoms with Crippen molar-refractivity contribution in [1.82, 2.24) is 19.6 Å². The summed E-state index contributed by atoms with van der Waals surface area (Å²) < 4.78 is 38.2. The second-order valence-electron chi connectivity index (χ2n) is 5.25. The molecule has 1 N–H and O–H groups in total. The number of benzene rings is 1. The molecule has 0 aliphatic rings. The van der Waals surface area contributed by atoms with Crippen molar-refractivity contribution in [2.24, 2.45) is 0 Å². The summed E-state index contributed by atoms with van der Waals surface area (Å²) in [5.74, 6) is 0.256.